The summed E-state index contributed by atoms with van der Waals surface area (Å²) in [4.78, 5) is 0. The lowest BCUT2D eigenvalue weighted by Crippen LogP contribution is -2.22. The van der Waals surface area contributed by atoms with Crippen molar-refractivity contribution in [2.24, 2.45) is 0 Å². The fraction of sp³-hybridized carbons (Fsp3) is 0.800. The average Bonchev–Trinajstić information content (AvgIpc) is 2.70. The van der Waals surface area contributed by atoms with Crippen molar-refractivity contribution in [1.82, 2.24) is 0 Å². The molecule has 0 radical (unpaired) electrons. The van der Waals surface area contributed by atoms with Crippen molar-refractivity contribution in [3.8, 4) is 0 Å². The highest BCUT2D eigenvalue weighted by atomic mass is 79.9. The number of hydrogen-bond donors (Lipinski definition) is 0. The van der Waals surface area contributed by atoms with E-state index in [1.807, 2.05) is 0 Å². The third kappa shape index (κ3) is 12.6. The van der Waals surface area contributed by atoms with E-state index in [0.717, 1.165) is 36.7 Å². The average molecular weight is 498 g/mol. The molecule has 0 aromatic heterocycles. The second kappa shape index (κ2) is 16.3. The molecule has 2 saturated heterocycles. The molecule has 0 amide bonds. The van der Waals surface area contributed by atoms with Crippen LogP contribution in [0.3, 0.4) is 0 Å². The number of rotatable bonds is 8. The summed E-state index contributed by atoms with van der Waals surface area (Å²) in [7, 11) is 0. The molecular weight excluding hydrogens is 464 g/mol. The van der Waals surface area contributed by atoms with Crippen LogP contribution in [0.15, 0.2) is 23.3 Å². The summed E-state index contributed by atoms with van der Waals surface area (Å²) in [5.74, 6) is 0. The van der Waals surface area contributed by atoms with E-state index in [2.05, 4.69) is 57.9 Å². The van der Waals surface area contributed by atoms with Gasteiger partial charge in [-0.05, 0) is 52.4 Å². The summed E-state index contributed by atoms with van der Waals surface area (Å²) in [6, 6.07) is 0. The molecule has 26 heavy (non-hydrogen) atoms. The molecule has 4 nitrogen and oxygen atoms in total. The first-order valence-corrected chi connectivity index (χ1v) is 11.8. The molecule has 0 aromatic rings. The van der Waals surface area contributed by atoms with Gasteiger partial charge in [-0.1, -0.05) is 55.2 Å². The van der Waals surface area contributed by atoms with Gasteiger partial charge >= 0.3 is 0 Å². The van der Waals surface area contributed by atoms with E-state index in [0.29, 0.717) is 13.2 Å². The van der Waals surface area contributed by atoms with Gasteiger partial charge in [-0.25, -0.2) is 0 Å². The Balaban J connectivity index is 0.000000260. The van der Waals surface area contributed by atoms with Crippen LogP contribution in [-0.4, -0.2) is 49.7 Å². The normalized spacial score (nSPS) is 24.8. The molecule has 0 saturated carbocycles. The highest BCUT2D eigenvalue weighted by Crippen LogP contribution is 2.14. The molecule has 0 aromatic carbocycles. The second-order valence-electron chi connectivity index (χ2n) is 6.63. The highest BCUT2D eigenvalue weighted by Gasteiger charge is 2.13. The molecule has 0 aliphatic carbocycles. The largest absolute Gasteiger partial charge is 0.353 e. The molecule has 2 heterocycles. The Bertz CT molecular complexity index is 363. The molecule has 2 unspecified atom stereocenters. The van der Waals surface area contributed by atoms with Gasteiger partial charge < -0.3 is 18.9 Å². The third-order valence-electron chi connectivity index (χ3n) is 4.13. The van der Waals surface area contributed by atoms with Gasteiger partial charge in [-0.2, -0.15) is 0 Å². The van der Waals surface area contributed by atoms with Crippen LogP contribution in [0.4, 0.5) is 0 Å². The molecule has 152 valence electrons. The molecule has 0 spiro atoms. The van der Waals surface area contributed by atoms with Gasteiger partial charge in [0.25, 0.3) is 0 Å². The Morgan fingerprint density at radius 2 is 1.23 bits per heavy atom. The topological polar surface area (TPSA) is 36.9 Å². The summed E-state index contributed by atoms with van der Waals surface area (Å²) in [6.07, 6.45) is 11.1. The standard InChI is InChI=1S/2C10H17BrO2/c2*1-9(8-11)5-7-13-10-4-2-3-6-12-10/h2*5,10H,2-4,6-8H2,1H3/b9-5+;9-5-. The van der Waals surface area contributed by atoms with Gasteiger partial charge in [0, 0.05) is 23.9 Å². The zero-order valence-corrected chi connectivity index (χ0v) is 19.4. The zero-order chi connectivity index (χ0) is 19.0. The van der Waals surface area contributed by atoms with Crippen LogP contribution >= 0.6 is 31.9 Å². The van der Waals surface area contributed by atoms with Crippen LogP contribution in [0.1, 0.15) is 52.4 Å². The quantitative estimate of drug-likeness (QED) is 0.316. The van der Waals surface area contributed by atoms with E-state index in [9.17, 15) is 0 Å². The Morgan fingerprint density at radius 3 is 1.54 bits per heavy atom. The van der Waals surface area contributed by atoms with E-state index in [1.165, 1.54) is 36.8 Å². The fourth-order valence-corrected chi connectivity index (χ4v) is 2.85. The third-order valence-corrected chi connectivity index (χ3v) is 5.89. The Labute approximate surface area is 175 Å². The number of allylic oxidation sites excluding steroid dienone is 2. The highest BCUT2D eigenvalue weighted by molar-refractivity contribution is 9.09. The minimum absolute atomic E-state index is 0.0353. The van der Waals surface area contributed by atoms with Gasteiger partial charge in [0.05, 0.1) is 13.2 Å². The van der Waals surface area contributed by atoms with Gasteiger partial charge in [-0.15, -0.1) is 0 Å². The first kappa shape index (κ1) is 24.3. The zero-order valence-electron chi connectivity index (χ0n) is 16.2. The van der Waals surface area contributed by atoms with Crippen molar-refractivity contribution >= 4 is 31.9 Å². The first-order valence-electron chi connectivity index (χ1n) is 9.55. The predicted molar refractivity (Wildman–Crippen MR) is 114 cm³/mol. The summed E-state index contributed by atoms with van der Waals surface area (Å²) < 4.78 is 21.9. The van der Waals surface area contributed by atoms with Gasteiger partial charge in [-0.3, -0.25) is 0 Å². The van der Waals surface area contributed by atoms with E-state index in [4.69, 9.17) is 18.9 Å². The van der Waals surface area contributed by atoms with Crippen LogP contribution in [0.25, 0.3) is 0 Å². The minimum Gasteiger partial charge on any atom is -0.353 e. The molecule has 2 atom stereocenters. The fourth-order valence-electron chi connectivity index (χ4n) is 2.39. The lowest BCUT2D eigenvalue weighted by molar-refractivity contribution is -0.155. The number of hydrogen-bond acceptors (Lipinski definition) is 4. The molecule has 2 rings (SSSR count). The first-order chi connectivity index (χ1) is 12.7. The Hall–Kier alpha value is 0.280. The second-order valence-corrected chi connectivity index (χ2v) is 7.75. The molecule has 0 bridgehead atoms. The molecule has 0 N–H and O–H groups in total. The van der Waals surface area contributed by atoms with Crippen molar-refractivity contribution < 1.29 is 18.9 Å². The van der Waals surface area contributed by atoms with Crippen molar-refractivity contribution in [1.29, 1.82) is 0 Å². The maximum Gasteiger partial charge on any atom is 0.157 e. The minimum atomic E-state index is 0.0353. The van der Waals surface area contributed by atoms with Crippen LogP contribution in [0.2, 0.25) is 0 Å². The Kier molecular flexibility index (Phi) is 15.2. The van der Waals surface area contributed by atoms with E-state index < -0.39 is 0 Å². The van der Waals surface area contributed by atoms with Gasteiger partial charge in [0.15, 0.2) is 12.6 Å². The smallest absolute Gasteiger partial charge is 0.157 e. The van der Waals surface area contributed by atoms with E-state index in [1.54, 1.807) is 0 Å². The molecule has 2 aliphatic heterocycles. The number of alkyl halides is 2. The predicted octanol–water partition coefficient (Wildman–Crippen LogP) is 5.74. The molecular formula is C20H34Br2O4. The number of ether oxygens (including phenoxy) is 4. The van der Waals surface area contributed by atoms with Crippen molar-refractivity contribution in [2.75, 3.05) is 37.1 Å². The molecule has 6 heteroatoms. The van der Waals surface area contributed by atoms with Crippen LogP contribution in [0.5, 0.6) is 0 Å². The monoisotopic (exact) mass is 496 g/mol. The maximum absolute atomic E-state index is 5.54. The van der Waals surface area contributed by atoms with E-state index >= 15 is 0 Å². The van der Waals surface area contributed by atoms with Gasteiger partial charge in [0.2, 0.25) is 0 Å². The number of halogens is 2. The lowest BCUT2D eigenvalue weighted by Gasteiger charge is -2.22. The van der Waals surface area contributed by atoms with Gasteiger partial charge in [0.1, 0.15) is 0 Å². The van der Waals surface area contributed by atoms with Crippen LogP contribution < -0.4 is 0 Å². The maximum atomic E-state index is 5.54. The van der Waals surface area contributed by atoms with Crippen LogP contribution in [-0.2, 0) is 18.9 Å². The molecule has 2 aliphatic rings. The lowest BCUT2D eigenvalue weighted by atomic mass is 10.2. The van der Waals surface area contributed by atoms with Crippen molar-refractivity contribution in [3.05, 3.63) is 23.3 Å². The summed E-state index contributed by atoms with van der Waals surface area (Å²) in [5, 5.41) is 1.84. The van der Waals surface area contributed by atoms with Crippen LogP contribution in [0, 0.1) is 0 Å². The van der Waals surface area contributed by atoms with E-state index in [-0.39, 0.29) is 12.6 Å². The van der Waals surface area contributed by atoms with Crippen molar-refractivity contribution in [3.63, 3.8) is 0 Å². The summed E-state index contributed by atoms with van der Waals surface area (Å²) in [5.41, 5.74) is 2.60. The SMILES string of the molecule is C/C(=C/COC1CCCCO1)CBr.C/C(=C\COC1CCCCO1)CBr. The summed E-state index contributed by atoms with van der Waals surface area (Å²) >= 11 is 6.77. The molecule has 2 fully saturated rings. The Morgan fingerprint density at radius 1 is 0.808 bits per heavy atom. The van der Waals surface area contributed by atoms with Crippen molar-refractivity contribution in [2.45, 2.75) is 65.0 Å². The summed E-state index contributed by atoms with van der Waals surface area (Å²) in [6.45, 7) is 7.21.